The third-order valence-corrected chi connectivity index (χ3v) is 5.91. The van der Waals surface area contributed by atoms with Gasteiger partial charge in [0, 0.05) is 57.1 Å². The van der Waals surface area contributed by atoms with E-state index < -0.39 is 0 Å². The molecule has 2 aliphatic heterocycles. The molecule has 2 atom stereocenters. The van der Waals surface area contributed by atoms with Gasteiger partial charge in [0.1, 0.15) is 0 Å². The van der Waals surface area contributed by atoms with Gasteiger partial charge in [0.25, 0.3) is 0 Å². The molecule has 0 saturated carbocycles. The fourth-order valence-electron chi connectivity index (χ4n) is 4.34. The first kappa shape index (κ1) is 19.5. The van der Waals surface area contributed by atoms with Crippen molar-refractivity contribution in [2.24, 2.45) is 5.92 Å². The summed E-state index contributed by atoms with van der Waals surface area (Å²) in [6.45, 7) is 6.11. The molecule has 4 heterocycles. The number of likely N-dealkylation sites (tertiary alicyclic amines) is 1. The van der Waals surface area contributed by atoms with Crippen LogP contribution < -0.4 is 0 Å². The molecule has 154 valence electrons. The van der Waals surface area contributed by atoms with Gasteiger partial charge >= 0.3 is 0 Å². The molecule has 4 rings (SSSR count). The van der Waals surface area contributed by atoms with Gasteiger partial charge in [-0.1, -0.05) is 6.92 Å². The van der Waals surface area contributed by atoms with E-state index in [1.54, 1.807) is 17.8 Å². The van der Waals surface area contributed by atoms with E-state index >= 15 is 0 Å². The van der Waals surface area contributed by atoms with Crippen LogP contribution in [-0.4, -0.2) is 54.5 Å². The minimum atomic E-state index is -0.136. The van der Waals surface area contributed by atoms with Crippen LogP contribution >= 0.6 is 0 Å². The number of aromatic nitrogens is 4. The van der Waals surface area contributed by atoms with Gasteiger partial charge in [-0.05, 0) is 25.3 Å². The van der Waals surface area contributed by atoms with Crippen LogP contribution in [0, 0.1) is 5.92 Å². The van der Waals surface area contributed by atoms with E-state index in [0.717, 1.165) is 49.3 Å². The summed E-state index contributed by atoms with van der Waals surface area (Å²) in [5.74, 6) is 0.817. The quantitative estimate of drug-likeness (QED) is 0.789. The Labute approximate surface area is 170 Å². The maximum atomic E-state index is 12.9. The number of nitrogens with zero attached hydrogens (tertiary/aromatic N) is 6. The maximum absolute atomic E-state index is 12.9. The number of fused-ring (bicyclic) bond motifs is 1. The Balaban J connectivity index is 1.45. The molecule has 1 fully saturated rings. The third kappa shape index (κ3) is 4.16. The number of piperidine rings is 1. The van der Waals surface area contributed by atoms with Gasteiger partial charge in [-0.2, -0.15) is 5.10 Å². The largest absolute Gasteiger partial charge is 0.338 e. The lowest BCUT2D eigenvalue weighted by Crippen LogP contribution is -2.41. The van der Waals surface area contributed by atoms with E-state index in [1.807, 2.05) is 35.2 Å². The summed E-state index contributed by atoms with van der Waals surface area (Å²) in [5, 5.41) is 4.19. The van der Waals surface area contributed by atoms with Gasteiger partial charge in [-0.25, -0.2) is 9.97 Å². The zero-order valence-corrected chi connectivity index (χ0v) is 17.1. The average Bonchev–Trinajstić information content (AvgIpc) is 3.25. The maximum Gasteiger partial charge on any atom is 0.227 e. The molecule has 0 bridgehead atoms. The predicted molar refractivity (Wildman–Crippen MR) is 107 cm³/mol. The molecule has 0 aliphatic carbocycles. The number of carbonyl (C=O) groups excluding carboxylic acids is 2. The van der Waals surface area contributed by atoms with Crippen LogP contribution in [0.1, 0.15) is 56.2 Å². The summed E-state index contributed by atoms with van der Waals surface area (Å²) in [6, 6.07) is 1.84. The van der Waals surface area contributed by atoms with Gasteiger partial charge in [-0.3, -0.25) is 14.3 Å². The SMILES string of the molecule is CC(=O)N1CCCC[C@@H]1c1ncc2c(n1)CCN(C(=O)[C@@H](C)Cn1cccn1)C2. The van der Waals surface area contributed by atoms with Crippen molar-refractivity contribution in [2.75, 3.05) is 13.1 Å². The molecule has 1 saturated heterocycles. The smallest absolute Gasteiger partial charge is 0.227 e. The highest BCUT2D eigenvalue weighted by Crippen LogP contribution is 2.30. The lowest BCUT2D eigenvalue weighted by Gasteiger charge is -2.35. The van der Waals surface area contributed by atoms with Crippen LogP contribution in [0.5, 0.6) is 0 Å². The van der Waals surface area contributed by atoms with E-state index in [0.29, 0.717) is 19.6 Å². The van der Waals surface area contributed by atoms with Gasteiger partial charge in [-0.15, -0.1) is 0 Å². The number of amides is 2. The summed E-state index contributed by atoms with van der Waals surface area (Å²) in [6.07, 6.45) is 9.21. The van der Waals surface area contributed by atoms with Gasteiger partial charge in [0.05, 0.1) is 24.2 Å². The van der Waals surface area contributed by atoms with E-state index in [4.69, 9.17) is 4.98 Å². The Morgan fingerprint density at radius 1 is 1.28 bits per heavy atom. The zero-order chi connectivity index (χ0) is 20.4. The van der Waals surface area contributed by atoms with Crippen molar-refractivity contribution in [2.45, 2.75) is 58.7 Å². The van der Waals surface area contributed by atoms with E-state index in [1.165, 1.54) is 0 Å². The Kier molecular flexibility index (Phi) is 5.60. The number of hydrogen-bond donors (Lipinski definition) is 0. The topological polar surface area (TPSA) is 84.2 Å². The molecular formula is C21H28N6O2. The van der Waals surface area contributed by atoms with E-state index in [-0.39, 0.29) is 23.8 Å². The van der Waals surface area contributed by atoms with Crippen LogP contribution in [0.25, 0.3) is 0 Å². The Morgan fingerprint density at radius 2 is 2.14 bits per heavy atom. The van der Waals surface area contributed by atoms with Crippen molar-refractivity contribution in [1.29, 1.82) is 0 Å². The molecule has 8 nitrogen and oxygen atoms in total. The number of hydrogen-bond acceptors (Lipinski definition) is 5. The highest BCUT2D eigenvalue weighted by Gasteiger charge is 2.30. The fraction of sp³-hybridized carbons (Fsp3) is 0.571. The summed E-state index contributed by atoms with van der Waals surface area (Å²) < 4.78 is 1.79. The first-order valence-corrected chi connectivity index (χ1v) is 10.4. The van der Waals surface area contributed by atoms with Crippen LogP contribution in [0.2, 0.25) is 0 Å². The van der Waals surface area contributed by atoms with Crippen molar-refractivity contribution >= 4 is 11.8 Å². The van der Waals surface area contributed by atoms with E-state index in [9.17, 15) is 9.59 Å². The molecule has 2 aromatic rings. The third-order valence-electron chi connectivity index (χ3n) is 5.91. The number of carbonyl (C=O) groups is 2. The second kappa shape index (κ2) is 8.31. The van der Waals surface area contributed by atoms with Crippen LogP contribution in [0.15, 0.2) is 24.7 Å². The van der Waals surface area contributed by atoms with Crippen LogP contribution in [-0.2, 0) is 29.1 Å². The Bertz CT molecular complexity index is 881. The van der Waals surface area contributed by atoms with Crippen molar-refractivity contribution in [3.8, 4) is 0 Å². The Morgan fingerprint density at radius 3 is 2.90 bits per heavy atom. The minimum absolute atomic E-state index is 0.0275. The molecular weight excluding hydrogens is 368 g/mol. The molecule has 2 amide bonds. The molecule has 0 unspecified atom stereocenters. The summed E-state index contributed by atoms with van der Waals surface area (Å²) >= 11 is 0. The molecule has 2 aromatic heterocycles. The second-order valence-corrected chi connectivity index (χ2v) is 8.06. The first-order chi connectivity index (χ1) is 14.0. The number of rotatable bonds is 4. The highest BCUT2D eigenvalue weighted by atomic mass is 16.2. The second-order valence-electron chi connectivity index (χ2n) is 8.06. The lowest BCUT2D eigenvalue weighted by molar-refractivity contribution is -0.136. The van der Waals surface area contributed by atoms with Gasteiger partial charge in [0.2, 0.25) is 11.8 Å². The van der Waals surface area contributed by atoms with Crippen LogP contribution in [0.3, 0.4) is 0 Å². The summed E-state index contributed by atoms with van der Waals surface area (Å²) in [4.78, 5) is 38.0. The molecule has 0 N–H and O–H groups in total. The van der Waals surface area contributed by atoms with Crippen molar-refractivity contribution in [1.82, 2.24) is 29.5 Å². The highest BCUT2D eigenvalue weighted by molar-refractivity contribution is 5.78. The molecule has 0 aromatic carbocycles. The van der Waals surface area contributed by atoms with Crippen molar-refractivity contribution in [3.63, 3.8) is 0 Å². The Hall–Kier alpha value is -2.77. The average molecular weight is 396 g/mol. The minimum Gasteiger partial charge on any atom is -0.338 e. The van der Waals surface area contributed by atoms with Crippen molar-refractivity contribution in [3.05, 3.63) is 41.7 Å². The summed E-state index contributed by atoms with van der Waals surface area (Å²) in [5.41, 5.74) is 2.01. The monoisotopic (exact) mass is 396 g/mol. The normalized spacial score (nSPS) is 20.3. The summed E-state index contributed by atoms with van der Waals surface area (Å²) in [7, 11) is 0. The molecule has 29 heavy (non-hydrogen) atoms. The predicted octanol–water partition coefficient (Wildman–Crippen LogP) is 1.97. The standard InChI is InChI=1S/C21H28N6O2/c1-15(13-26-9-5-8-23-26)21(29)25-11-7-18-17(14-25)12-22-20(24-18)19-6-3-4-10-27(19)16(2)28/h5,8-9,12,15,19H,3-4,6-7,10-11,13-14H2,1-2H3/t15-,19+/m0/s1. The first-order valence-electron chi connectivity index (χ1n) is 10.4. The van der Waals surface area contributed by atoms with Crippen LogP contribution in [0.4, 0.5) is 0 Å². The fourth-order valence-corrected chi connectivity index (χ4v) is 4.34. The zero-order valence-electron chi connectivity index (χ0n) is 17.1. The molecule has 2 aliphatic rings. The molecule has 0 spiro atoms. The van der Waals surface area contributed by atoms with Gasteiger partial charge < -0.3 is 9.80 Å². The molecule has 0 radical (unpaired) electrons. The van der Waals surface area contributed by atoms with Crippen molar-refractivity contribution < 1.29 is 9.59 Å². The van der Waals surface area contributed by atoms with E-state index in [2.05, 4.69) is 10.1 Å². The lowest BCUT2D eigenvalue weighted by atomic mass is 10.00. The van der Waals surface area contributed by atoms with Gasteiger partial charge in [0.15, 0.2) is 5.82 Å². The molecule has 8 heteroatoms.